The second kappa shape index (κ2) is 29.1. The van der Waals surface area contributed by atoms with E-state index in [-0.39, 0.29) is 18.5 Å². The molecule has 0 aliphatic rings. The molecule has 0 aromatic heterocycles. The first-order valence-electron chi connectivity index (χ1n) is 16.3. The molecule has 0 aliphatic carbocycles. The fourth-order valence-electron chi connectivity index (χ4n) is 3.74. The molecule has 0 heterocycles. The van der Waals surface area contributed by atoms with Gasteiger partial charge >= 0.3 is 0 Å². The Morgan fingerprint density at radius 3 is 1.65 bits per heavy atom. The van der Waals surface area contributed by atoms with Crippen LogP contribution in [0.15, 0.2) is 121 Å². The van der Waals surface area contributed by atoms with Crippen molar-refractivity contribution in [2.45, 2.75) is 40.2 Å². The zero-order chi connectivity index (χ0) is 38.3. The van der Waals surface area contributed by atoms with Gasteiger partial charge < -0.3 is 35.1 Å². The summed E-state index contributed by atoms with van der Waals surface area (Å²) in [7, 11) is 7.30. The number of hydrogen-bond acceptors (Lipinski definition) is 7. The Kier molecular flexibility index (Phi) is 25.7. The van der Waals surface area contributed by atoms with Crippen molar-refractivity contribution in [2.75, 3.05) is 45.1 Å². The Labute approximate surface area is 303 Å². The predicted octanol–water partition coefficient (Wildman–Crippen LogP) is 7.17. The topological polar surface area (TPSA) is 126 Å². The molecule has 0 saturated carbocycles. The SMILES string of the molecule is C/C=C(\C)CC(=O)NC(C)c1ccccc1.COc1ccc(N(C)C)cc1.COc1ccc(NC=O)cc1.Cc1ccccc1.O=CCNC=O. The maximum absolute atomic E-state index is 11.6. The summed E-state index contributed by atoms with van der Waals surface area (Å²) in [5, 5.41) is 7.65. The number of aryl methyl sites for hydroxylation is 1. The lowest BCUT2D eigenvalue weighted by atomic mass is 10.1. The van der Waals surface area contributed by atoms with Gasteiger partial charge in [0.2, 0.25) is 18.7 Å². The van der Waals surface area contributed by atoms with Crippen LogP contribution in [0.2, 0.25) is 0 Å². The number of anilines is 2. The number of allylic oxidation sites excluding steroid dienone is 1. The number of methoxy groups -OCH3 is 2. The molecule has 1 unspecified atom stereocenters. The number of ether oxygens (including phenoxy) is 2. The van der Waals surface area contributed by atoms with E-state index in [4.69, 9.17) is 9.47 Å². The maximum atomic E-state index is 11.6. The van der Waals surface area contributed by atoms with Crippen molar-refractivity contribution in [3.63, 3.8) is 0 Å². The smallest absolute Gasteiger partial charge is 0.224 e. The first-order valence-corrected chi connectivity index (χ1v) is 16.3. The summed E-state index contributed by atoms with van der Waals surface area (Å²) in [4.78, 5) is 42.3. The zero-order valence-corrected chi connectivity index (χ0v) is 31.1. The van der Waals surface area contributed by atoms with Crippen LogP contribution in [0, 0.1) is 6.92 Å². The molecule has 4 aromatic rings. The Hall–Kier alpha value is -5.90. The van der Waals surface area contributed by atoms with Crippen LogP contribution >= 0.6 is 0 Å². The summed E-state index contributed by atoms with van der Waals surface area (Å²) in [5.41, 5.74) is 5.50. The van der Waals surface area contributed by atoms with E-state index in [9.17, 15) is 19.2 Å². The van der Waals surface area contributed by atoms with Crippen LogP contribution in [0.3, 0.4) is 0 Å². The molecule has 274 valence electrons. The minimum atomic E-state index is 0.0679. The molecule has 3 amide bonds. The number of amides is 3. The van der Waals surface area contributed by atoms with Crippen molar-refractivity contribution in [2.24, 2.45) is 0 Å². The molecule has 0 saturated heterocycles. The molecule has 10 nitrogen and oxygen atoms in total. The standard InChI is InChI=1S/C14H19NO.C9H13NO.C8H9NO2.C7H8.C3H5NO2/c1-4-11(2)10-14(16)15-12(3)13-8-6-5-7-9-13;1-10(2)8-4-6-9(11-3)7-5-8;1-11-8-4-2-7(3-5-8)9-6-10;1-7-5-3-2-4-6-7;5-2-1-4-3-6/h4-9,12H,10H2,1-3H3,(H,15,16);4-7H,1-3H3;2-6H,1H3,(H,9,10);2-6H,1H3;2-3H,1H2,(H,4,6)/b11-4+;;;;. The van der Waals surface area contributed by atoms with Crippen LogP contribution in [-0.2, 0) is 19.2 Å². The van der Waals surface area contributed by atoms with E-state index in [2.05, 4.69) is 39.9 Å². The Morgan fingerprint density at radius 2 is 1.27 bits per heavy atom. The Balaban J connectivity index is 0.000000639. The van der Waals surface area contributed by atoms with Gasteiger partial charge in [0, 0.05) is 31.9 Å². The first kappa shape index (κ1) is 45.1. The highest BCUT2D eigenvalue weighted by molar-refractivity contribution is 5.78. The summed E-state index contributed by atoms with van der Waals surface area (Å²) >= 11 is 0. The number of hydrogen-bond donors (Lipinski definition) is 3. The van der Waals surface area contributed by atoms with Gasteiger partial charge in [0.25, 0.3) is 0 Å². The molecule has 3 N–H and O–H groups in total. The molecular weight excluding hydrogens is 644 g/mol. The van der Waals surface area contributed by atoms with Gasteiger partial charge in [-0.3, -0.25) is 14.4 Å². The summed E-state index contributed by atoms with van der Waals surface area (Å²) < 4.78 is 9.96. The predicted molar refractivity (Wildman–Crippen MR) is 208 cm³/mol. The quantitative estimate of drug-likeness (QED) is 0.0814. The van der Waals surface area contributed by atoms with E-state index in [0.29, 0.717) is 25.5 Å². The Bertz CT molecular complexity index is 1500. The lowest BCUT2D eigenvalue weighted by Crippen LogP contribution is -2.26. The van der Waals surface area contributed by atoms with Crippen LogP contribution in [0.5, 0.6) is 11.5 Å². The van der Waals surface area contributed by atoms with E-state index in [1.807, 2.05) is 114 Å². The second-order valence-corrected chi connectivity index (χ2v) is 10.9. The van der Waals surface area contributed by atoms with Gasteiger partial charge in [0.15, 0.2) is 0 Å². The Morgan fingerprint density at radius 1 is 0.765 bits per heavy atom. The van der Waals surface area contributed by atoms with Crippen molar-refractivity contribution >= 4 is 36.4 Å². The fourth-order valence-corrected chi connectivity index (χ4v) is 3.74. The van der Waals surface area contributed by atoms with Gasteiger partial charge in [-0.05, 0) is 81.8 Å². The van der Waals surface area contributed by atoms with Crippen LogP contribution in [0.25, 0.3) is 0 Å². The first-order chi connectivity index (χ1) is 24.5. The zero-order valence-electron chi connectivity index (χ0n) is 31.1. The third-order valence-corrected chi connectivity index (χ3v) is 6.74. The summed E-state index contributed by atoms with van der Waals surface area (Å²) in [6, 6.07) is 35.4. The number of carbonyl (C=O) groups is 4. The van der Waals surface area contributed by atoms with E-state index < -0.39 is 0 Å². The van der Waals surface area contributed by atoms with Crippen molar-refractivity contribution in [3.8, 4) is 11.5 Å². The van der Waals surface area contributed by atoms with Crippen LogP contribution in [0.1, 0.15) is 44.4 Å². The molecule has 4 aromatic carbocycles. The van der Waals surface area contributed by atoms with Gasteiger partial charge in [0.1, 0.15) is 17.8 Å². The number of rotatable bonds is 12. The highest BCUT2D eigenvalue weighted by atomic mass is 16.5. The minimum Gasteiger partial charge on any atom is -0.497 e. The average Bonchev–Trinajstić information content (AvgIpc) is 3.16. The summed E-state index contributed by atoms with van der Waals surface area (Å²) in [6.07, 6.45) is 4.19. The minimum absolute atomic E-state index is 0.0679. The number of benzene rings is 4. The summed E-state index contributed by atoms with van der Waals surface area (Å²) in [5.74, 6) is 1.75. The molecule has 4 rings (SSSR count). The molecule has 51 heavy (non-hydrogen) atoms. The monoisotopic (exact) mass is 698 g/mol. The largest absolute Gasteiger partial charge is 0.497 e. The lowest BCUT2D eigenvalue weighted by molar-refractivity contribution is -0.121. The fraction of sp³-hybridized carbons (Fsp3) is 0.268. The molecular formula is C41H54N4O6. The molecule has 0 radical (unpaired) electrons. The van der Waals surface area contributed by atoms with Gasteiger partial charge in [-0.2, -0.15) is 0 Å². The van der Waals surface area contributed by atoms with E-state index in [1.54, 1.807) is 38.5 Å². The highest BCUT2D eigenvalue weighted by Crippen LogP contribution is 2.17. The maximum Gasteiger partial charge on any atom is 0.224 e. The van der Waals surface area contributed by atoms with Crippen LogP contribution in [0.4, 0.5) is 11.4 Å². The average molecular weight is 699 g/mol. The van der Waals surface area contributed by atoms with E-state index >= 15 is 0 Å². The van der Waals surface area contributed by atoms with E-state index in [1.165, 1.54) is 11.3 Å². The van der Waals surface area contributed by atoms with E-state index in [0.717, 1.165) is 28.3 Å². The van der Waals surface area contributed by atoms with Gasteiger partial charge in [-0.15, -0.1) is 0 Å². The van der Waals surface area contributed by atoms with Gasteiger partial charge in [0.05, 0.1) is 26.8 Å². The lowest BCUT2D eigenvalue weighted by Gasteiger charge is -2.14. The van der Waals surface area contributed by atoms with Gasteiger partial charge in [-0.25, -0.2) is 0 Å². The summed E-state index contributed by atoms with van der Waals surface area (Å²) in [6.45, 7) is 8.11. The molecule has 0 spiro atoms. The number of nitrogens with one attached hydrogen (secondary N) is 3. The molecule has 1 atom stereocenters. The molecule has 0 bridgehead atoms. The van der Waals surface area contributed by atoms with Crippen molar-refractivity contribution < 1.29 is 28.7 Å². The second-order valence-electron chi connectivity index (χ2n) is 10.9. The third kappa shape index (κ3) is 23.2. The third-order valence-electron chi connectivity index (χ3n) is 6.74. The molecule has 0 aliphatic heterocycles. The van der Waals surface area contributed by atoms with Crippen LogP contribution < -0.4 is 30.3 Å². The number of nitrogens with zero attached hydrogens (tertiary/aromatic N) is 1. The van der Waals surface area contributed by atoms with Crippen molar-refractivity contribution in [1.82, 2.24) is 10.6 Å². The van der Waals surface area contributed by atoms with Gasteiger partial charge in [-0.1, -0.05) is 77.9 Å². The number of aldehydes is 1. The van der Waals surface area contributed by atoms with Crippen LogP contribution in [-0.4, -0.2) is 59.9 Å². The number of carbonyl (C=O) groups excluding carboxylic acids is 4. The van der Waals surface area contributed by atoms with Crippen molar-refractivity contribution in [1.29, 1.82) is 0 Å². The molecule has 10 heteroatoms. The normalized spacial score (nSPS) is 10.1. The molecule has 0 fully saturated rings. The van der Waals surface area contributed by atoms with Crippen molar-refractivity contribution in [3.05, 3.63) is 132 Å². The highest BCUT2D eigenvalue weighted by Gasteiger charge is 2.08.